The topological polar surface area (TPSA) is 81.9 Å². The van der Waals surface area contributed by atoms with Crippen molar-refractivity contribution in [2.75, 3.05) is 5.32 Å². The number of nitrogens with zero attached hydrogens (tertiary/aromatic N) is 4. The lowest BCUT2D eigenvalue weighted by atomic mass is 10.0. The number of esters is 1. The second kappa shape index (κ2) is 8.18. The molecule has 0 saturated carbocycles. The molecule has 2 aromatic carbocycles. The van der Waals surface area contributed by atoms with Gasteiger partial charge in [-0.25, -0.2) is 14.8 Å². The number of hydrogen-bond donors (Lipinski definition) is 1. The number of para-hydroxylation sites is 2. The van der Waals surface area contributed by atoms with Crippen LogP contribution >= 0.6 is 0 Å². The summed E-state index contributed by atoms with van der Waals surface area (Å²) >= 11 is 0. The number of rotatable bonds is 5. The molecule has 0 fully saturated rings. The molecule has 0 aliphatic rings. The average Bonchev–Trinajstić information content (AvgIpc) is 3.17. The third-order valence-corrected chi connectivity index (χ3v) is 4.71. The van der Waals surface area contributed by atoms with Crippen molar-refractivity contribution in [1.82, 2.24) is 19.5 Å². The van der Waals surface area contributed by atoms with Crippen LogP contribution in [0.2, 0.25) is 0 Å². The molecule has 0 bridgehead atoms. The number of hydrogen-bond acceptors (Lipinski definition) is 6. The van der Waals surface area contributed by atoms with Gasteiger partial charge in [-0.15, -0.1) is 0 Å². The predicted molar refractivity (Wildman–Crippen MR) is 120 cm³/mol. The Kier molecular flexibility index (Phi) is 5.42. The van der Waals surface area contributed by atoms with E-state index in [0.717, 1.165) is 22.4 Å². The lowest BCUT2D eigenvalue weighted by Gasteiger charge is -2.20. The van der Waals surface area contributed by atoms with Crippen molar-refractivity contribution < 1.29 is 9.53 Å². The molecule has 0 spiro atoms. The number of nitrogens with one attached hydrogen (secondary N) is 1. The van der Waals surface area contributed by atoms with Gasteiger partial charge in [0, 0.05) is 6.20 Å². The predicted octanol–water partition coefficient (Wildman–Crippen LogP) is 4.94. The second-order valence-corrected chi connectivity index (χ2v) is 8.34. The molecule has 7 heteroatoms. The molecule has 7 nitrogen and oxygen atoms in total. The van der Waals surface area contributed by atoms with Gasteiger partial charge in [0.05, 0.1) is 22.6 Å². The Morgan fingerprint density at radius 3 is 2.68 bits per heavy atom. The molecule has 1 N–H and O–H groups in total. The highest BCUT2D eigenvalue weighted by Crippen LogP contribution is 2.21. The molecule has 0 amide bonds. The highest BCUT2D eigenvalue weighted by molar-refractivity contribution is 5.89. The zero-order valence-electron chi connectivity index (χ0n) is 18.0. The molecule has 4 aromatic rings. The van der Waals surface area contributed by atoms with E-state index in [1.807, 2.05) is 80.8 Å². The van der Waals surface area contributed by atoms with Gasteiger partial charge in [0.2, 0.25) is 5.95 Å². The summed E-state index contributed by atoms with van der Waals surface area (Å²) in [6.45, 7) is 7.56. The van der Waals surface area contributed by atoms with Gasteiger partial charge in [0.25, 0.3) is 0 Å². The van der Waals surface area contributed by atoms with Gasteiger partial charge in [0.15, 0.2) is 0 Å². The molecule has 158 valence electrons. The highest BCUT2D eigenvalue weighted by atomic mass is 16.6. The van der Waals surface area contributed by atoms with Crippen LogP contribution in [0.1, 0.15) is 49.7 Å². The van der Waals surface area contributed by atoms with Gasteiger partial charge in [-0.05, 0) is 63.6 Å². The van der Waals surface area contributed by atoms with Crippen LogP contribution in [0.15, 0.2) is 67.1 Å². The van der Waals surface area contributed by atoms with Crippen LogP contribution in [0, 0.1) is 0 Å². The van der Waals surface area contributed by atoms with Gasteiger partial charge in [-0.3, -0.25) is 4.57 Å². The average molecular weight is 415 g/mol. The van der Waals surface area contributed by atoms with E-state index in [9.17, 15) is 4.79 Å². The first-order valence-corrected chi connectivity index (χ1v) is 10.2. The zero-order valence-corrected chi connectivity index (χ0v) is 18.0. The summed E-state index contributed by atoms with van der Waals surface area (Å²) in [5.41, 5.74) is 2.79. The van der Waals surface area contributed by atoms with Gasteiger partial charge in [-0.2, -0.15) is 4.98 Å². The van der Waals surface area contributed by atoms with Crippen molar-refractivity contribution in [1.29, 1.82) is 0 Å². The Morgan fingerprint density at radius 1 is 1.06 bits per heavy atom. The number of imidazole rings is 1. The van der Waals surface area contributed by atoms with Crippen LogP contribution in [0.4, 0.5) is 5.95 Å². The molecular formula is C24H25N5O2. The fourth-order valence-electron chi connectivity index (χ4n) is 3.24. The summed E-state index contributed by atoms with van der Waals surface area (Å²) in [5.74, 6) is 0.873. The van der Waals surface area contributed by atoms with Crippen molar-refractivity contribution in [2.45, 2.75) is 39.3 Å². The van der Waals surface area contributed by atoms with E-state index in [0.29, 0.717) is 11.5 Å². The first-order valence-electron chi connectivity index (χ1n) is 10.2. The highest BCUT2D eigenvalue weighted by Gasteiger charge is 2.19. The van der Waals surface area contributed by atoms with Crippen LogP contribution < -0.4 is 5.32 Å². The van der Waals surface area contributed by atoms with Crippen molar-refractivity contribution in [3.8, 4) is 5.82 Å². The van der Waals surface area contributed by atoms with Crippen molar-refractivity contribution in [3.63, 3.8) is 0 Å². The van der Waals surface area contributed by atoms with Crippen molar-refractivity contribution in [2.24, 2.45) is 0 Å². The Morgan fingerprint density at radius 2 is 1.87 bits per heavy atom. The summed E-state index contributed by atoms with van der Waals surface area (Å²) < 4.78 is 7.40. The number of carbonyl (C=O) groups excluding carboxylic acids is 1. The minimum atomic E-state index is -0.539. The normalized spacial score (nSPS) is 12.5. The zero-order chi connectivity index (χ0) is 22.0. The first kappa shape index (κ1) is 20.5. The van der Waals surface area contributed by atoms with Crippen molar-refractivity contribution >= 4 is 23.0 Å². The number of carbonyl (C=O) groups is 1. The SMILES string of the molecule is CC(Nc1nccc(-n2cnc3ccccc32)n1)c1cccc(C(=O)OC(C)(C)C)c1. The third kappa shape index (κ3) is 4.71. The van der Waals surface area contributed by atoms with E-state index in [2.05, 4.69) is 20.3 Å². The maximum Gasteiger partial charge on any atom is 0.338 e. The molecular weight excluding hydrogens is 390 g/mol. The minimum Gasteiger partial charge on any atom is -0.456 e. The molecule has 2 heterocycles. The number of anilines is 1. The third-order valence-electron chi connectivity index (χ3n) is 4.71. The summed E-state index contributed by atoms with van der Waals surface area (Å²) in [6.07, 6.45) is 3.47. The maximum absolute atomic E-state index is 12.4. The lowest BCUT2D eigenvalue weighted by molar-refractivity contribution is 0.00694. The van der Waals surface area contributed by atoms with Gasteiger partial charge in [0.1, 0.15) is 17.7 Å². The Balaban J connectivity index is 1.54. The van der Waals surface area contributed by atoms with Gasteiger partial charge < -0.3 is 10.1 Å². The quantitative estimate of drug-likeness (QED) is 0.465. The molecule has 31 heavy (non-hydrogen) atoms. The number of aromatic nitrogens is 4. The van der Waals surface area contributed by atoms with Gasteiger partial charge >= 0.3 is 5.97 Å². The van der Waals surface area contributed by atoms with E-state index in [1.165, 1.54) is 0 Å². The summed E-state index contributed by atoms with van der Waals surface area (Å²) in [7, 11) is 0. The van der Waals surface area contributed by atoms with Crippen molar-refractivity contribution in [3.05, 3.63) is 78.2 Å². The molecule has 0 saturated heterocycles. The lowest BCUT2D eigenvalue weighted by Crippen LogP contribution is -2.24. The number of benzene rings is 2. The van der Waals surface area contributed by atoms with Crippen LogP contribution in [-0.4, -0.2) is 31.1 Å². The Bertz CT molecular complexity index is 1230. The summed E-state index contributed by atoms with van der Waals surface area (Å²) in [4.78, 5) is 25.8. The maximum atomic E-state index is 12.4. The second-order valence-electron chi connectivity index (χ2n) is 8.34. The van der Waals surface area contributed by atoms with E-state index in [-0.39, 0.29) is 12.0 Å². The Labute approximate surface area is 181 Å². The smallest absolute Gasteiger partial charge is 0.338 e. The Hall–Kier alpha value is -3.74. The molecule has 2 aromatic heterocycles. The van der Waals surface area contributed by atoms with Crippen LogP contribution in [0.3, 0.4) is 0 Å². The molecule has 0 radical (unpaired) electrons. The van der Waals surface area contributed by atoms with Crippen LogP contribution in [0.25, 0.3) is 16.9 Å². The van der Waals surface area contributed by atoms with E-state index in [1.54, 1.807) is 18.6 Å². The molecule has 1 atom stereocenters. The molecule has 1 unspecified atom stereocenters. The fraction of sp³-hybridized carbons (Fsp3) is 0.250. The largest absolute Gasteiger partial charge is 0.456 e. The van der Waals surface area contributed by atoms with Crippen LogP contribution in [0.5, 0.6) is 0 Å². The van der Waals surface area contributed by atoms with E-state index < -0.39 is 5.60 Å². The fourth-order valence-corrected chi connectivity index (χ4v) is 3.24. The summed E-state index contributed by atoms with van der Waals surface area (Å²) in [5, 5.41) is 3.31. The van der Waals surface area contributed by atoms with Crippen LogP contribution in [-0.2, 0) is 4.74 Å². The summed E-state index contributed by atoms with van der Waals surface area (Å²) in [6, 6.07) is 17.0. The molecule has 0 aliphatic heterocycles. The number of ether oxygens (including phenoxy) is 1. The van der Waals surface area contributed by atoms with E-state index in [4.69, 9.17) is 4.74 Å². The van der Waals surface area contributed by atoms with E-state index >= 15 is 0 Å². The minimum absolute atomic E-state index is 0.114. The molecule has 4 rings (SSSR count). The first-order chi connectivity index (χ1) is 14.8. The van der Waals surface area contributed by atoms with Gasteiger partial charge in [-0.1, -0.05) is 24.3 Å². The standard InChI is InChI=1S/C24H25N5O2/c1-16(17-8-7-9-18(14-17)22(30)31-24(2,3)4)27-23-25-13-12-21(28-23)29-15-26-19-10-5-6-11-20(19)29/h5-16H,1-4H3,(H,25,27,28). The molecule has 0 aliphatic carbocycles. The monoisotopic (exact) mass is 415 g/mol. The number of fused-ring (bicyclic) bond motifs is 1.